The zero-order chi connectivity index (χ0) is 14.3. The van der Waals surface area contributed by atoms with Crippen molar-refractivity contribution in [1.29, 1.82) is 0 Å². The molecule has 0 aromatic heterocycles. The second kappa shape index (κ2) is 5.28. The topological polar surface area (TPSA) is 29.3 Å². The van der Waals surface area contributed by atoms with Gasteiger partial charge in [-0.2, -0.15) is 0 Å². The molecule has 1 heterocycles. The van der Waals surface area contributed by atoms with Crippen molar-refractivity contribution in [2.24, 2.45) is 5.73 Å². The summed E-state index contributed by atoms with van der Waals surface area (Å²) in [6.45, 7) is 3.46. The Morgan fingerprint density at radius 3 is 2.75 bits per heavy atom. The lowest BCUT2D eigenvalue weighted by molar-refractivity contribution is 0.679. The third kappa shape index (κ3) is 2.18. The standard InChI is InChI=1S/C16H16Cl2N2/c1-10-14-9-20(12-4-2-3-11(17)7-12)16(8-19)13(14)5-6-15(10)18/h2-7,16H,8-9,19H2,1H3. The first-order valence-electron chi connectivity index (χ1n) is 6.62. The van der Waals surface area contributed by atoms with Crippen LogP contribution in [0.25, 0.3) is 0 Å². The summed E-state index contributed by atoms with van der Waals surface area (Å²) >= 11 is 12.3. The lowest BCUT2D eigenvalue weighted by Crippen LogP contribution is -2.27. The number of anilines is 1. The molecule has 0 radical (unpaired) electrons. The average Bonchev–Trinajstić information content (AvgIpc) is 2.82. The second-order valence-electron chi connectivity index (χ2n) is 5.10. The van der Waals surface area contributed by atoms with Crippen LogP contribution in [-0.4, -0.2) is 6.54 Å². The Bertz CT molecular complexity index is 655. The molecule has 2 N–H and O–H groups in total. The van der Waals surface area contributed by atoms with Crippen LogP contribution in [0.2, 0.25) is 10.0 Å². The fourth-order valence-corrected chi connectivity index (χ4v) is 3.26. The van der Waals surface area contributed by atoms with Crippen LogP contribution in [0.4, 0.5) is 5.69 Å². The SMILES string of the molecule is Cc1c(Cl)ccc2c1CN(c1cccc(Cl)c1)C2CN. The number of rotatable bonds is 2. The molecule has 1 aliphatic heterocycles. The van der Waals surface area contributed by atoms with E-state index in [1.807, 2.05) is 24.3 Å². The minimum Gasteiger partial charge on any atom is -0.359 e. The summed E-state index contributed by atoms with van der Waals surface area (Å²) in [6.07, 6.45) is 0. The third-order valence-electron chi connectivity index (χ3n) is 4.00. The Hall–Kier alpha value is -1.22. The van der Waals surface area contributed by atoms with Crippen LogP contribution in [0, 0.1) is 6.92 Å². The monoisotopic (exact) mass is 306 g/mol. The fraction of sp³-hybridized carbons (Fsp3) is 0.250. The average molecular weight is 307 g/mol. The quantitative estimate of drug-likeness (QED) is 0.895. The van der Waals surface area contributed by atoms with Crippen LogP contribution in [0.15, 0.2) is 36.4 Å². The maximum atomic E-state index is 6.23. The van der Waals surface area contributed by atoms with E-state index >= 15 is 0 Å². The molecule has 104 valence electrons. The zero-order valence-electron chi connectivity index (χ0n) is 11.2. The Labute approximate surface area is 129 Å². The second-order valence-corrected chi connectivity index (χ2v) is 5.94. The first-order valence-corrected chi connectivity index (χ1v) is 7.37. The van der Waals surface area contributed by atoms with E-state index in [4.69, 9.17) is 28.9 Å². The van der Waals surface area contributed by atoms with Gasteiger partial charge in [-0.1, -0.05) is 35.3 Å². The predicted octanol–water partition coefficient (Wildman–Crippen LogP) is 4.32. The Morgan fingerprint density at radius 1 is 1.25 bits per heavy atom. The molecule has 3 rings (SSSR count). The van der Waals surface area contributed by atoms with Crippen LogP contribution >= 0.6 is 23.2 Å². The van der Waals surface area contributed by atoms with Gasteiger partial charge in [0.25, 0.3) is 0 Å². The summed E-state index contributed by atoms with van der Waals surface area (Å²) in [5.41, 5.74) is 10.8. The summed E-state index contributed by atoms with van der Waals surface area (Å²) < 4.78 is 0. The molecule has 0 spiro atoms. The molecular weight excluding hydrogens is 291 g/mol. The zero-order valence-corrected chi connectivity index (χ0v) is 12.7. The first-order chi connectivity index (χ1) is 9.61. The lowest BCUT2D eigenvalue weighted by Gasteiger charge is -2.26. The molecule has 1 unspecified atom stereocenters. The van der Waals surface area contributed by atoms with Crippen molar-refractivity contribution in [1.82, 2.24) is 0 Å². The number of nitrogens with zero attached hydrogens (tertiary/aromatic N) is 1. The van der Waals surface area contributed by atoms with Crippen molar-refractivity contribution in [2.75, 3.05) is 11.4 Å². The van der Waals surface area contributed by atoms with Crippen molar-refractivity contribution < 1.29 is 0 Å². The molecule has 0 amide bonds. The maximum absolute atomic E-state index is 6.23. The molecule has 0 fully saturated rings. The fourth-order valence-electron chi connectivity index (χ4n) is 2.90. The highest BCUT2D eigenvalue weighted by Crippen LogP contribution is 2.40. The van der Waals surface area contributed by atoms with E-state index in [1.54, 1.807) is 0 Å². The Morgan fingerprint density at radius 2 is 2.05 bits per heavy atom. The van der Waals surface area contributed by atoms with E-state index < -0.39 is 0 Å². The molecule has 0 bridgehead atoms. The molecule has 0 saturated heterocycles. The van der Waals surface area contributed by atoms with Crippen LogP contribution < -0.4 is 10.6 Å². The number of halogens is 2. The van der Waals surface area contributed by atoms with Gasteiger partial charge in [0.1, 0.15) is 0 Å². The van der Waals surface area contributed by atoms with Gasteiger partial charge in [0.2, 0.25) is 0 Å². The smallest absolute Gasteiger partial charge is 0.0672 e. The summed E-state index contributed by atoms with van der Waals surface area (Å²) in [4.78, 5) is 2.29. The van der Waals surface area contributed by atoms with Gasteiger partial charge < -0.3 is 10.6 Å². The third-order valence-corrected chi connectivity index (χ3v) is 4.64. The van der Waals surface area contributed by atoms with Crippen molar-refractivity contribution in [3.05, 3.63) is 63.1 Å². The molecular formula is C16H16Cl2N2. The first kappa shape index (κ1) is 13.7. The molecule has 2 aromatic carbocycles. The highest BCUT2D eigenvalue weighted by atomic mass is 35.5. The largest absolute Gasteiger partial charge is 0.359 e. The highest BCUT2D eigenvalue weighted by molar-refractivity contribution is 6.31. The van der Waals surface area contributed by atoms with Crippen LogP contribution in [0.1, 0.15) is 22.7 Å². The Balaban J connectivity index is 2.06. The minimum absolute atomic E-state index is 0.180. The molecule has 4 heteroatoms. The summed E-state index contributed by atoms with van der Waals surface area (Å²) in [5.74, 6) is 0. The van der Waals surface area contributed by atoms with E-state index in [-0.39, 0.29) is 6.04 Å². The normalized spacial score (nSPS) is 17.4. The van der Waals surface area contributed by atoms with Crippen molar-refractivity contribution >= 4 is 28.9 Å². The van der Waals surface area contributed by atoms with Gasteiger partial charge in [-0.3, -0.25) is 0 Å². The molecule has 2 aromatic rings. The lowest BCUT2D eigenvalue weighted by atomic mass is 10.0. The molecule has 2 nitrogen and oxygen atoms in total. The maximum Gasteiger partial charge on any atom is 0.0672 e. The van der Waals surface area contributed by atoms with Gasteiger partial charge in [0.05, 0.1) is 6.04 Å². The van der Waals surface area contributed by atoms with Gasteiger partial charge in [-0.25, -0.2) is 0 Å². The van der Waals surface area contributed by atoms with Gasteiger partial charge in [0, 0.05) is 28.8 Å². The summed E-state index contributed by atoms with van der Waals surface area (Å²) in [7, 11) is 0. The van der Waals surface area contributed by atoms with E-state index in [2.05, 4.69) is 24.0 Å². The van der Waals surface area contributed by atoms with Crippen molar-refractivity contribution in [3.63, 3.8) is 0 Å². The molecule has 1 aliphatic rings. The molecule has 0 aliphatic carbocycles. The number of benzene rings is 2. The van der Waals surface area contributed by atoms with Crippen LogP contribution in [-0.2, 0) is 6.54 Å². The highest BCUT2D eigenvalue weighted by Gasteiger charge is 2.31. The van der Waals surface area contributed by atoms with Gasteiger partial charge in [-0.05, 0) is 47.9 Å². The summed E-state index contributed by atoms with van der Waals surface area (Å²) in [5, 5.41) is 1.55. The molecule has 20 heavy (non-hydrogen) atoms. The van der Waals surface area contributed by atoms with E-state index in [9.17, 15) is 0 Å². The number of hydrogen-bond donors (Lipinski definition) is 1. The van der Waals surface area contributed by atoms with Gasteiger partial charge in [-0.15, -0.1) is 0 Å². The van der Waals surface area contributed by atoms with Crippen molar-refractivity contribution in [3.8, 4) is 0 Å². The number of fused-ring (bicyclic) bond motifs is 1. The number of hydrogen-bond acceptors (Lipinski definition) is 2. The van der Waals surface area contributed by atoms with Crippen LogP contribution in [0.3, 0.4) is 0 Å². The van der Waals surface area contributed by atoms with E-state index in [1.165, 1.54) is 11.1 Å². The van der Waals surface area contributed by atoms with Crippen molar-refractivity contribution in [2.45, 2.75) is 19.5 Å². The summed E-state index contributed by atoms with van der Waals surface area (Å²) in [6, 6.07) is 12.1. The van der Waals surface area contributed by atoms with Gasteiger partial charge >= 0.3 is 0 Å². The Kier molecular flexibility index (Phi) is 3.63. The van der Waals surface area contributed by atoms with E-state index in [0.29, 0.717) is 6.54 Å². The molecule has 1 atom stereocenters. The molecule has 0 saturated carbocycles. The van der Waals surface area contributed by atoms with Crippen LogP contribution in [0.5, 0.6) is 0 Å². The number of nitrogens with two attached hydrogens (primary N) is 1. The minimum atomic E-state index is 0.180. The van der Waals surface area contributed by atoms with E-state index in [0.717, 1.165) is 27.8 Å². The predicted molar refractivity (Wildman–Crippen MR) is 85.6 cm³/mol. The van der Waals surface area contributed by atoms with Gasteiger partial charge in [0.15, 0.2) is 0 Å².